The van der Waals surface area contributed by atoms with E-state index in [0.29, 0.717) is 17.7 Å². The number of unbranched alkanes of at least 4 members (excludes halogenated alkanes) is 1. The van der Waals surface area contributed by atoms with E-state index in [1.807, 2.05) is 6.92 Å². The lowest BCUT2D eigenvalue weighted by atomic mass is 9.91. The Labute approximate surface area is 111 Å². The maximum Gasteiger partial charge on any atom is 0.214 e. The minimum atomic E-state index is -3.00. The van der Waals surface area contributed by atoms with Crippen LogP contribution in [0.5, 0.6) is 0 Å². The van der Waals surface area contributed by atoms with Gasteiger partial charge in [-0.05, 0) is 44.6 Å². The van der Waals surface area contributed by atoms with Crippen molar-refractivity contribution in [2.75, 3.05) is 25.4 Å². The second-order valence-electron chi connectivity index (χ2n) is 5.63. The Bertz CT molecular complexity index is 350. The Morgan fingerprint density at radius 3 is 2.78 bits per heavy atom. The molecule has 0 bridgehead atoms. The maximum atomic E-state index is 12.2. The second kappa shape index (κ2) is 6.35. The van der Waals surface area contributed by atoms with Gasteiger partial charge in [-0.2, -0.15) is 0 Å². The molecule has 2 aliphatic heterocycles. The average molecular weight is 274 g/mol. The van der Waals surface area contributed by atoms with E-state index in [1.54, 1.807) is 4.31 Å². The van der Waals surface area contributed by atoms with Crippen LogP contribution in [0.2, 0.25) is 0 Å². The van der Waals surface area contributed by atoms with Crippen molar-refractivity contribution in [1.29, 1.82) is 0 Å². The van der Waals surface area contributed by atoms with Crippen LogP contribution in [0.15, 0.2) is 0 Å². The molecule has 0 aromatic heterocycles. The predicted molar refractivity (Wildman–Crippen MR) is 74.0 cm³/mol. The molecule has 2 unspecified atom stereocenters. The molecule has 18 heavy (non-hydrogen) atoms. The summed E-state index contributed by atoms with van der Waals surface area (Å²) in [6.45, 7) is 4.61. The molecule has 0 aromatic rings. The third-order valence-corrected chi connectivity index (χ3v) is 6.16. The SMILES string of the molecule is CCCCS(=O)(=O)N1CCCC(C2CCCN2)C1. The highest BCUT2D eigenvalue weighted by atomic mass is 32.2. The summed E-state index contributed by atoms with van der Waals surface area (Å²) < 4.78 is 26.2. The molecule has 1 N–H and O–H groups in total. The van der Waals surface area contributed by atoms with Crippen LogP contribution in [-0.4, -0.2) is 44.2 Å². The first-order valence-corrected chi connectivity index (χ1v) is 8.95. The first kappa shape index (κ1) is 14.3. The van der Waals surface area contributed by atoms with Gasteiger partial charge in [-0.25, -0.2) is 12.7 Å². The number of piperidine rings is 1. The van der Waals surface area contributed by atoms with Gasteiger partial charge in [0.15, 0.2) is 0 Å². The van der Waals surface area contributed by atoms with Gasteiger partial charge in [-0.15, -0.1) is 0 Å². The van der Waals surface area contributed by atoms with Gasteiger partial charge in [0.05, 0.1) is 5.75 Å². The predicted octanol–water partition coefficient (Wildman–Crippen LogP) is 1.58. The van der Waals surface area contributed by atoms with E-state index < -0.39 is 10.0 Å². The fourth-order valence-electron chi connectivity index (χ4n) is 3.12. The molecule has 106 valence electrons. The Morgan fingerprint density at radius 1 is 1.28 bits per heavy atom. The van der Waals surface area contributed by atoms with Crippen LogP contribution >= 0.6 is 0 Å². The second-order valence-corrected chi connectivity index (χ2v) is 7.72. The average Bonchev–Trinajstić information content (AvgIpc) is 2.90. The molecule has 2 saturated heterocycles. The summed E-state index contributed by atoms with van der Waals surface area (Å²) in [5, 5.41) is 3.52. The van der Waals surface area contributed by atoms with Crippen molar-refractivity contribution in [3.63, 3.8) is 0 Å². The fraction of sp³-hybridized carbons (Fsp3) is 1.00. The minimum absolute atomic E-state index is 0.328. The van der Waals surface area contributed by atoms with Crippen LogP contribution in [0.3, 0.4) is 0 Å². The highest BCUT2D eigenvalue weighted by Gasteiger charge is 2.33. The summed E-state index contributed by atoms with van der Waals surface area (Å²) in [7, 11) is -3.00. The highest BCUT2D eigenvalue weighted by Crippen LogP contribution is 2.26. The summed E-state index contributed by atoms with van der Waals surface area (Å²) in [6, 6.07) is 0.550. The van der Waals surface area contributed by atoms with Gasteiger partial charge in [-0.1, -0.05) is 13.3 Å². The quantitative estimate of drug-likeness (QED) is 0.828. The molecule has 5 heteroatoms. The first-order valence-electron chi connectivity index (χ1n) is 7.34. The molecular formula is C13H26N2O2S. The van der Waals surface area contributed by atoms with Gasteiger partial charge in [0.1, 0.15) is 0 Å². The molecule has 0 aliphatic carbocycles. The summed E-state index contributed by atoms with van der Waals surface area (Å²) in [6.07, 6.45) is 6.38. The number of nitrogens with zero attached hydrogens (tertiary/aromatic N) is 1. The van der Waals surface area contributed by atoms with Crippen molar-refractivity contribution in [1.82, 2.24) is 9.62 Å². The molecule has 2 heterocycles. The Hall–Kier alpha value is -0.130. The van der Waals surface area contributed by atoms with Crippen LogP contribution in [-0.2, 0) is 10.0 Å². The van der Waals surface area contributed by atoms with Crippen LogP contribution in [0.25, 0.3) is 0 Å². The largest absolute Gasteiger partial charge is 0.314 e. The van der Waals surface area contributed by atoms with Crippen LogP contribution in [0.1, 0.15) is 45.4 Å². The number of hydrogen-bond donors (Lipinski definition) is 1. The molecule has 0 aromatic carbocycles. The zero-order chi connectivity index (χ0) is 13.0. The number of sulfonamides is 1. The fourth-order valence-corrected chi connectivity index (χ4v) is 4.86. The van der Waals surface area contributed by atoms with Crippen LogP contribution in [0, 0.1) is 5.92 Å². The van der Waals surface area contributed by atoms with E-state index in [-0.39, 0.29) is 0 Å². The molecular weight excluding hydrogens is 248 g/mol. The molecule has 2 fully saturated rings. The van der Waals surface area contributed by atoms with Crippen molar-refractivity contribution in [2.24, 2.45) is 5.92 Å². The summed E-state index contributed by atoms with van der Waals surface area (Å²) >= 11 is 0. The highest BCUT2D eigenvalue weighted by molar-refractivity contribution is 7.89. The Morgan fingerprint density at radius 2 is 2.11 bits per heavy atom. The Balaban J connectivity index is 1.93. The minimum Gasteiger partial charge on any atom is -0.314 e. The van der Waals surface area contributed by atoms with E-state index in [9.17, 15) is 8.42 Å². The van der Waals surface area contributed by atoms with Gasteiger partial charge < -0.3 is 5.32 Å². The van der Waals surface area contributed by atoms with E-state index >= 15 is 0 Å². The first-order chi connectivity index (χ1) is 8.63. The van der Waals surface area contributed by atoms with E-state index in [1.165, 1.54) is 19.3 Å². The molecule has 0 saturated carbocycles. The number of hydrogen-bond acceptors (Lipinski definition) is 3. The van der Waals surface area contributed by atoms with Crippen molar-refractivity contribution in [3.8, 4) is 0 Å². The third-order valence-electron chi connectivity index (χ3n) is 4.24. The summed E-state index contributed by atoms with van der Waals surface area (Å²) in [4.78, 5) is 0. The van der Waals surface area contributed by atoms with Crippen molar-refractivity contribution in [2.45, 2.75) is 51.5 Å². The molecule has 2 rings (SSSR count). The molecule has 2 atom stereocenters. The van der Waals surface area contributed by atoms with Crippen molar-refractivity contribution < 1.29 is 8.42 Å². The van der Waals surface area contributed by atoms with E-state index in [2.05, 4.69) is 5.32 Å². The van der Waals surface area contributed by atoms with Gasteiger partial charge in [-0.3, -0.25) is 0 Å². The van der Waals surface area contributed by atoms with Crippen molar-refractivity contribution >= 4 is 10.0 Å². The zero-order valence-electron chi connectivity index (χ0n) is 11.4. The van der Waals surface area contributed by atoms with Gasteiger partial charge in [0.2, 0.25) is 10.0 Å². The smallest absolute Gasteiger partial charge is 0.214 e. The van der Waals surface area contributed by atoms with Gasteiger partial charge >= 0.3 is 0 Å². The normalized spacial score (nSPS) is 30.7. The lowest BCUT2D eigenvalue weighted by Gasteiger charge is -2.35. The molecule has 0 amide bonds. The standard InChI is InChI=1S/C13H26N2O2S/c1-2-3-10-18(16,17)15-9-5-6-12(11-15)13-7-4-8-14-13/h12-14H,2-11H2,1H3. The monoisotopic (exact) mass is 274 g/mol. The summed E-state index contributed by atoms with van der Waals surface area (Å²) in [5.41, 5.74) is 0. The molecule has 0 radical (unpaired) electrons. The molecule has 2 aliphatic rings. The maximum absolute atomic E-state index is 12.2. The topological polar surface area (TPSA) is 49.4 Å². The van der Waals surface area contributed by atoms with E-state index in [0.717, 1.165) is 38.9 Å². The lowest BCUT2D eigenvalue weighted by Crippen LogP contribution is -2.46. The molecule has 4 nitrogen and oxygen atoms in total. The summed E-state index contributed by atoms with van der Waals surface area (Å²) in [5.74, 6) is 0.853. The van der Waals surface area contributed by atoms with E-state index in [4.69, 9.17) is 0 Å². The third kappa shape index (κ3) is 3.45. The Kier molecular flexibility index (Phi) is 5.04. The van der Waals surface area contributed by atoms with Crippen LogP contribution in [0.4, 0.5) is 0 Å². The van der Waals surface area contributed by atoms with Crippen LogP contribution < -0.4 is 5.32 Å². The zero-order valence-corrected chi connectivity index (χ0v) is 12.2. The molecule has 0 spiro atoms. The number of rotatable bonds is 5. The number of nitrogens with one attached hydrogen (secondary N) is 1. The van der Waals surface area contributed by atoms with Crippen molar-refractivity contribution in [3.05, 3.63) is 0 Å². The lowest BCUT2D eigenvalue weighted by molar-refractivity contribution is 0.226. The van der Waals surface area contributed by atoms with Gasteiger partial charge in [0.25, 0.3) is 0 Å². The van der Waals surface area contributed by atoms with Gasteiger partial charge in [0, 0.05) is 19.1 Å².